The number of nitrogens with one attached hydrogen (secondary N) is 3. The fourth-order valence-electron chi connectivity index (χ4n) is 2.06. The maximum absolute atomic E-state index is 11.1. The van der Waals surface area contributed by atoms with Crippen LogP contribution in [-0.4, -0.2) is 23.8 Å². The van der Waals surface area contributed by atoms with E-state index < -0.39 is 0 Å². The van der Waals surface area contributed by atoms with Gasteiger partial charge in [0.15, 0.2) is 5.11 Å². The van der Waals surface area contributed by atoms with E-state index in [-0.39, 0.29) is 5.91 Å². The van der Waals surface area contributed by atoms with E-state index in [4.69, 9.17) is 17.0 Å². The van der Waals surface area contributed by atoms with E-state index in [0.717, 1.165) is 28.4 Å². The second kappa shape index (κ2) is 8.79. The number of rotatable bonds is 5. The van der Waals surface area contributed by atoms with Crippen LogP contribution in [0, 0.1) is 0 Å². The van der Waals surface area contributed by atoms with Crippen LogP contribution in [0.25, 0.3) is 0 Å². The first-order valence-corrected chi connectivity index (χ1v) is 8.02. The van der Waals surface area contributed by atoms with Gasteiger partial charge in [-0.2, -0.15) is 5.10 Å². The average molecular weight is 356 g/mol. The molecular formula is C18H20N4O2S. The molecule has 1 amide bonds. The van der Waals surface area contributed by atoms with Crippen LogP contribution in [0.1, 0.15) is 19.4 Å². The maximum atomic E-state index is 11.1. The summed E-state index contributed by atoms with van der Waals surface area (Å²) in [5.41, 5.74) is 5.98. The van der Waals surface area contributed by atoms with Gasteiger partial charge in [0.05, 0.1) is 12.8 Å². The highest BCUT2D eigenvalue weighted by Gasteiger charge is 2.02. The molecule has 0 spiro atoms. The number of hydrogen-bond acceptors (Lipinski definition) is 4. The Labute approximate surface area is 152 Å². The van der Waals surface area contributed by atoms with Gasteiger partial charge in [-0.1, -0.05) is 12.1 Å². The standard InChI is InChI=1S/C18H20N4O2S/c1-12(14-5-4-6-16(11-14)19-13(2)23)21-22-18(25)20-15-7-9-17(24-3)10-8-15/h4-11H,1-3H3,(H,19,23)(H2,20,22,25)/b21-12-. The minimum atomic E-state index is -0.116. The van der Waals surface area contributed by atoms with Crippen molar-refractivity contribution in [3.05, 3.63) is 54.1 Å². The van der Waals surface area contributed by atoms with Crippen molar-refractivity contribution in [2.45, 2.75) is 13.8 Å². The third-order valence-corrected chi connectivity index (χ3v) is 3.47. The predicted molar refractivity (Wildman–Crippen MR) is 105 cm³/mol. The molecule has 0 aromatic heterocycles. The summed E-state index contributed by atoms with van der Waals surface area (Å²) in [6.45, 7) is 3.33. The van der Waals surface area contributed by atoms with Crippen LogP contribution in [0.3, 0.4) is 0 Å². The van der Waals surface area contributed by atoms with Crippen molar-refractivity contribution in [3.63, 3.8) is 0 Å². The largest absolute Gasteiger partial charge is 0.497 e. The Kier molecular flexibility index (Phi) is 6.47. The van der Waals surface area contributed by atoms with Gasteiger partial charge in [0.25, 0.3) is 0 Å². The molecule has 130 valence electrons. The predicted octanol–water partition coefficient (Wildman–Crippen LogP) is 3.36. The van der Waals surface area contributed by atoms with Gasteiger partial charge in [0.1, 0.15) is 5.75 Å². The summed E-state index contributed by atoms with van der Waals surface area (Å²) in [4.78, 5) is 11.1. The smallest absolute Gasteiger partial charge is 0.221 e. The summed E-state index contributed by atoms with van der Waals surface area (Å²) >= 11 is 5.23. The van der Waals surface area contributed by atoms with Crippen molar-refractivity contribution in [1.82, 2.24) is 5.43 Å². The molecule has 2 aromatic carbocycles. The molecule has 0 radical (unpaired) electrons. The fraction of sp³-hybridized carbons (Fsp3) is 0.167. The highest BCUT2D eigenvalue weighted by Crippen LogP contribution is 2.15. The first-order chi connectivity index (χ1) is 12.0. The molecule has 25 heavy (non-hydrogen) atoms. The van der Waals surface area contributed by atoms with E-state index in [9.17, 15) is 4.79 Å². The number of hydrogen-bond donors (Lipinski definition) is 3. The first kappa shape index (κ1) is 18.4. The molecule has 0 saturated carbocycles. The summed E-state index contributed by atoms with van der Waals surface area (Å²) in [5, 5.41) is 10.4. The number of amides is 1. The number of ether oxygens (including phenoxy) is 1. The zero-order valence-electron chi connectivity index (χ0n) is 14.3. The zero-order valence-corrected chi connectivity index (χ0v) is 15.1. The maximum Gasteiger partial charge on any atom is 0.221 e. The Hall–Kier alpha value is -2.93. The van der Waals surface area contributed by atoms with E-state index in [0.29, 0.717) is 5.11 Å². The highest BCUT2D eigenvalue weighted by molar-refractivity contribution is 7.80. The summed E-state index contributed by atoms with van der Waals surface area (Å²) in [5.74, 6) is 0.659. The van der Waals surface area contributed by atoms with Crippen molar-refractivity contribution in [3.8, 4) is 5.75 Å². The lowest BCUT2D eigenvalue weighted by molar-refractivity contribution is -0.114. The molecule has 0 aliphatic carbocycles. The Balaban J connectivity index is 1.97. The molecule has 0 unspecified atom stereocenters. The van der Waals surface area contributed by atoms with Gasteiger partial charge in [0, 0.05) is 18.3 Å². The topological polar surface area (TPSA) is 74.8 Å². The third kappa shape index (κ3) is 5.89. The van der Waals surface area contributed by atoms with Crippen molar-refractivity contribution < 1.29 is 9.53 Å². The normalized spacial score (nSPS) is 10.8. The van der Waals surface area contributed by atoms with Crippen molar-refractivity contribution in [2.75, 3.05) is 17.7 Å². The number of hydrazone groups is 1. The van der Waals surface area contributed by atoms with E-state index in [1.807, 2.05) is 55.5 Å². The second-order valence-electron chi connectivity index (χ2n) is 5.25. The van der Waals surface area contributed by atoms with Crippen molar-refractivity contribution in [1.29, 1.82) is 0 Å². The molecule has 6 nitrogen and oxygen atoms in total. The van der Waals surface area contributed by atoms with Gasteiger partial charge < -0.3 is 15.4 Å². The molecular weight excluding hydrogens is 336 g/mol. The molecule has 7 heteroatoms. The summed E-state index contributed by atoms with van der Waals surface area (Å²) in [6.07, 6.45) is 0. The lowest BCUT2D eigenvalue weighted by Gasteiger charge is -2.09. The summed E-state index contributed by atoms with van der Waals surface area (Å²) in [6, 6.07) is 14.8. The van der Waals surface area contributed by atoms with E-state index in [1.54, 1.807) is 7.11 Å². The van der Waals surface area contributed by atoms with Gasteiger partial charge in [-0.25, -0.2) is 0 Å². The van der Waals surface area contributed by atoms with E-state index >= 15 is 0 Å². The van der Waals surface area contributed by atoms with Crippen LogP contribution in [-0.2, 0) is 4.79 Å². The van der Waals surface area contributed by atoms with Gasteiger partial charge >= 0.3 is 0 Å². The van der Waals surface area contributed by atoms with Crippen LogP contribution in [0.5, 0.6) is 5.75 Å². The number of anilines is 2. The molecule has 0 bridgehead atoms. The quantitative estimate of drug-likeness (QED) is 0.435. The van der Waals surface area contributed by atoms with Crippen molar-refractivity contribution >= 4 is 40.3 Å². The minimum absolute atomic E-state index is 0.116. The lowest BCUT2D eigenvalue weighted by Crippen LogP contribution is -2.24. The molecule has 0 fully saturated rings. The lowest BCUT2D eigenvalue weighted by atomic mass is 10.1. The number of benzene rings is 2. The molecule has 0 heterocycles. The first-order valence-electron chi connectivity index (χ1n) is 7.61. The van der Waals surface area contributed by atoms with E-state index in [1.165, 1.54) is 6.92 Å². The number of carbonyl (C=O) groups is 1. The SMILES string of the molecule is COc1ccc(NC(=S)N/N=C(/C)c2cccc(NC(C)=O)c2)cc1. The van der Waals surface area contributed by atoms with Gasteiger partial charge in [-0.3, -0.25) is 10.2 Å². The van der Waals surface area contributed by atoms with Gasteiger partial charge in [0.2, 0.25) is 5.91 Å². The van der Waals surface area contributed by atoms with E-state index in [2.05, 4.69) is 21.2 Å². The van der Waals surface area contributed by atoms with Crippen LogP contribution in [0.2, 0.25) is 0 Å². The van der Waals surface area contributed by atoms with Gasteiger partial charge in [-0.05, 0) is 61.1 Å². The highest BCUT2D eigenvalue weighted by atomic mass is 32.1. The monoisotopic (exact) mass is 356 g/mol. The molecule has 2 rings (SSSR count). The fourth-order valence-corrected chi connectivity index (χ4v) is 2.22. The Morgan fingerprint density at radius 3 is 2.40 bits per heavy atom. The number of thiocarbonyl (C=S) groups is 1. The molecule has 0 atom stereocenters. The average Bonchev–Trinajstić information content (AvgIpc) is 2.60. The molecule has 0 aliphatic rings. The van der Waals surface area contributed by atoms with Crippen LogP contribution < -0.4 is 20.8 Å². The Bertz CT molecular complexity index is 788. The Morgan fingerprint density at radius 1 is 1.04 bits per heavy atom. The summed E-state index contributed by atoms with van der Waals surface area (Å²) < 4.78 is 5.11. The second-order valence-corrected chi connectivity index (χ2v) is 5.66. The molecule has 3 N–H and O–H groups in total. The Morgan fingerprint density at radius 2 is 1.76 bits per heavy atom. The zero-order chi connectivity index (χ0) is 18.2. The molecule has 0 saturated heterocycles. The van der Waals surface area contributed by atoms with Crippen LogP contribution in [0.4, 0.5) is 11.4 Å². The number of methoxy groups -OCH3 is 1. The van der Waals surface area contributed by atoms with Gasteiger partial charge in [-0.15, -0.1) is 0 Å². The molecule has 0 aliphatic heterocycles. The van der Waals surface area contributed by atoms with Crippen LogP contribution >= 0.6 is 12.2 Å². The van der Waals surface area contributed by atoms with Crippen LogP contribution in [0.15, 0.2) is 53.6 Å². The number of carbonyl (C=O) groups excluding carboxylic acids is 1. The third-order valence-electron chi connectivity index (χ3n) is 3.27. The van der Waals surface area contributed by atoms with Crippen molar-refractivity contribution in [2.24, 2.45) is 5.10 Å². The minimum Gasteiger partial charge on any atom is -0.497 e. The summed E-state index contributed by atoms with van der Waals surface area (Å²) in [7, 11) is 1.62. The number of nitrogens with zero attached hydrogens (tertiary/aromatic N) is 1. The molecule has 2 aromatic rings.